The number of hydrogen-bond donors (Lipinski definition) is 1. The first-order valence-electron chi connectivity index (χ1n) is 7.87. The highest BCUT2D eigenvalue weighted by Crippen LogP contribution is 2.39. The van der Waals surface area contributed by atoms with Gasteiger partial charge >= 0.3 is 0 Å². The topological polar surface area (TPSA) is 71.5 Å². The van der Waals surface area contributed by atoms with Crippen LogP contribution in [0.25, 0.3) is 22.5 Å². The summed E-state index contributed by atoms with van der Waals surface area (Å²) in [5.74, 6) is 0.971. The molecule has 0 spiro atoms. The molecular weight excluding hydrogens is 337 g/mol. The average Bonchev–Trinajstić information content (AvgIpc) is 3.04. The molecule has 0 saturated heterocycles. The lowest BCUT2D eigenvalue weighted by Crippen LogP contribution is -2.01. The minimum atomic E-state index is -0.552. The number of anilines is 1. The summed E-state index contributed by atoms with van der Waals surface area (Å²) in [6.45, 7) is 0. The van der Waals surface area contributed by atoms with E-state index in [0.717, 1.165) is 5.56 Å². The third-order valence-electron chi connectivity index (χ3n) is 4.18. The fourth-order valence-electron chi connectivity index (χ4n) is 2.84. The standard InChI is InChI=1S/C19H20FN3O3/c1-23-10-22-18(11-7-12(24-2)9-13(8-11)25-3)19(23)14-5-6-15(26-4)17(21)16(14)20/h5-10H,21H2,1-4H3. The Balaban J connectivity index is 2.22. The molecule has 3 rings (SSSR count). The van der Waals surface area contributed by atoms with Crippen molar-refractivity contribution >= 4 is 5.69 Å². The van der Waals surface area contributed by atoms with Gasteiger partial charge in [-0.05, 0) is 24.3 Å². The van der Waals surface area contributed by atoms with Crippen molar-refractivity contribution in [3.05, 3.63) is 42.5 Å². The highest BCUT2D eigenvalue weighted by molar-refractivity contribution is 5.82. The van der Waals surface area contributed by atoms with Crippen molar-refractivity contribution in [2.75, 3.05) is 27.1 Å². The van der Waals surface area contributed by atoms with Crippen LogP contribution in [0.2, 0.25) is 0 Å². The maximum atomic E-state index is 14.9. The van der Waals surface area contributed by atoms with Gasteiger partial charge in [0.1, 0.15) is 22.9 Å². The first-order chi connectivity index (χ1) is 12.5. The number of benzene rings is 2. The predicted octanol–water partition coefficient (Wildman–Crippen LogP) is 3.50. The van der Waals surface area contributed by atoms with Gasteiger partial charge in [0.05, 0.1) is 39.0 Å². The summed E-state index contributed by atoms with van der Waals surface area (Å²) in [5.41, 5.74) is 8.07. The summed E-state index contributed by atoms with van der Waals surface area (Å²) in [6, 6.07) is 8.66. The van der Waals surface area contributed by atoms with Crippen LogP contribution in [0.15, 0.2) is 36.7 Å². The molecule has 0 saturated carbocycles. The summed E-state index contributed by atoms with van der Waals surface area (Å²) in [5, 5.41) is 0. The van der Waals surface area contributed by atoms with Crippen LogP contribution in [-0.2, 0) is 7.05 Å². The third-order valence-corrected chi connectivity index (χ3v) is 4.18. The lowest BCUT2D eigenvalue weighted by Gasteiger charge is -2.13. The molecule has 0 amide bonds. The molecule has 3 aromatic rings. The minimum Gasteiger partial charge on any atom is -0.497 e. The van der Waals surface area contributed by atoms with Gasteiger partial charge in [0.25, 0.3) is 0 Å². The summed E-state index contributed by atoms with van der Waals surface area (Å²) < 4.78 is 32.3. The highest BCUT2D eigenvalue weighted by atomic mass is 19.1. The smallest absolute Gasteiger partial charge is 0.159 e. The molecule has 0 radical (unpaired) electrons. The minimum absolute atomic E-state index is 0.0413. The summed E-state index contributed by atoms with van der Waals surface area (Å²) in [4.78, 5) is 4.44. The van der Waals surface area contributed by atoms with E-state index in [1.165, 1.54) is 7.11 Å². The number of aromatic nitrogens is 2. The van der Waals surface area contributed by atoms with Crippen LogP contribution in [0, 0.1) is 5.82 Å². The molecule has 0 unspecified atom stereocenters. The number of ether oxygens (including phenoxy) is 3. The Morgan fingerprint density at radius 3 is 2.23 bits per heavy atom. The molecule has 2 N–H and O–H groups in total. The second kappa shape index (κ2) is 6.95. The van der Waals surface area contributed by atoms with E-state index in [4.69, 9.17) is 19.9 Å². The van der Waals surface area contributed by atoms with Crippen molar-refractivity contribution in [3.8, 4) is 39.8 Å². The molecule has 0 aliphatic heterocycles. The van der Waals surface area contributed by atoms with Crippen LogP contribution in [0.5, 0.6) is 17.2 Å². The molecule has 0 bridgehead atoms. The van der Waals surface area contributed by atoms with Crippen LogP contribution in [-0.4, -0.2) is 30.9 Å². The van der Waals surface area contributed by atoms with E-state index >= 15 is 0 Å². The molecule has 1 aromatic heterocycles. The number of halogens is 1. The summed E-state index contributed by atoms with van der Waals surface area (Å²) >= 11 is 0. The Labute approximate surface area is 150 Å². The molecule has 7 heteroatoms. The maximum absolute atomic E-state index is 14.9. The van der Waals surface area contributed by atoms with Crippen LogP contribution in [0.4, 0.5) is 10.1 Å². The molecule has 0 aliphatic carbocycles. The molecule has 136 valence electrons. The van der Waals surface area contributed by atoms with E-state index in [2.05, 4.69) is 4.98 Å². The van der Waals surface area contributed by atoms with Crippen molar-refractivity contribution < 1.29 is 18.6 Å². The lowest BCUT2D eigenvalue weighted by atomic mass is 10.0. The van der Waals surface area contributed by atoms with E-state index in [9.17, 15) is 4.39 Å². The Kier molecular flexibility index (Phi) is 4.71. The number of methoxy groups -OCH3 is 3. The Morgan fingerprint density at radius 2 is 1.65 bits per heavy atom. The monoisotopic (exact) mass is 357 g/mol. The van der Waals surface area contributed by atoms with Crippen LogP contribution >= 0.6 is 0 Å². The van der Waals surface area contributed by atoms with E-state index in [1.807, 2.05) is 12.1 Å². The SMILES string of the molecule is COc1cc(OC)cc(-c2ncn(C)c2-c2ccc(OC)c(N)c2F)c1. The quantitative estimate of drug-likeness (QED) is 0.708. The number of hydrogen-bond acceptors (Lipinski definition) is 5. The highest BCUT2D eigenvalue weighted by Gasteiger charge is 2.20. The van der Waals surface area contributed by atoms with Crippen molar-refractivity contribution in [1.29, 1.82) is 0 Å². The average molecular weight is 357 g/mol. The zero-order valence-corrected chi connectivity index (χ0v) is 15.0. The molecule has 0 aliphatic rings. The van der Waals surface area contributed by atoms with Crippen LogP contribution in [0.1, 0.15) is 0 Å². The first-order valence-corrected chi connectivity index (χ1v) is 7.87. The van der Waals surface area contributed by atoms with Gasteiger partial charge in [-0.15, -0.1) is 0 Å². The Hall–Kier alpha value is -3.22. The van der Waals surface area contributed by atoms with Crippen molar-refractivity contribution in [2.45, 2.75) is 0 Å². The Morgan fingerprint density at radius 1 is 1.00 bits per heavy atom. The van der Waals surface area contributed by atoms with Gasteiger partial charge in [0.15, 0.2) is 5.82 Å². The van der Waals surface area contributed by atoms with E-state index in [1.54, 1.807) is 50.4 Å². The normalized spacial score (nSPS) is 10.7. The van der Waals surface area contributed by atoms with Gasteiger partial charge in [-0.2, -0.15) is 0 Å². The van der Waals surface area contributed by atoms with Gasteiger partial charge in [-0.3, -0.25) is 0 Å². The molecule has 1 heterocycles. The van der Waals surface area contributed by atoms with Gasteiger partial charge in [0.2, 0.25) is 0 Å². The number of aryl methyl sites for hydroxylation is 1. The molecule has 2 aromatic carbocycles. The van der Waals surface area contributed by atoms with E-state index in [0.29, 0.717) is 28.5 Å². The van der Waals surface area contributed by atoms with Gasteiger partial charge < -0.3 is 24.5 Å². The van der Waals surface area contributed by atoms with Gasteiger partial charge in [0, 0.05) is 24.2 Å². The largest absolute Gasteiger partial charge is 0.497 e. The number of rotatable bonds is 5. The predicted molar refractivity (Wildman–Crippen MR) is 98.1 cm³/mol. The Bertz CT molecular complexity index is 931. The third kappa shape index (κ3) is 2.92. The second-order valence-corrected chi connectivity index (χ2v) is 5.70. The maximum Gasteiger partial charge on any atom is 0.159 e. The zero-order chi connectivity index (χ0) is 18.8. The van der Waals surface area contributed by atoms with E-state index < -0.39 is 5.82 Å². The fourth-order valence-corrected chi connectivity index (χ4v) is 2.84. The number of nitrogen functional groups attached to an aromatic ring is 1. The van der Waals surface area contributed by atoms with Crippen LogP contribution < -0.4 is 19.9 Å². The first kappa shape index (κ1) is 17.6. The molecule has 26 heavy (non-hydrogen) atoms. The van der Waals surface area contributed by atoms with Gasteiger partial charge in [-0.1, -0.05) is 0 Å². The van der Waals surface area contributed by atoms with Crippen molar-refractivity contribution in [3.63, 3.8) is 0 Å². The van der Waals surface area contributed by atoms with Crippen molar-refractivity contribution in [1.82, 2.24) is 9.55 Å². The zero-order valence-electron chi connectivity index (χ0n) is 15.0. The summed E-state index contributed by atoms with van der Waals surface area (Å²) in [6.07, 6.45) is 1.62. The van der Waals surface area contributed by atoms with E-state index in [-0.39, 0.29) is 11.4 Å². The fraction of sp³-hybridized carbons (Fsp3) is 0.211. The molecule has 0 fully saturated rings. The molecular formula is C19H20FN3O3. The molecule has 6 nitrogen and oxygen atoms in total. The molecule has 0 atom stereocenters. The van der Waals surface area contributed by atoms with Gasteiger partial charge in [-0.25, -0.2) is 9.37 Å². The second-order valence-electron chi connectivity index (χ2n) is 5.70. The van der Waals surface area contributed by atoms with Crippen molar-refractivity contribution in [2.24, 2.45) is 7.05 Å². The summed E-state index contributed by atoms with van der Waals surface area (Å²) in [7, 11) is 6.38. The lowest BCUT2D eigenvalue weighted by molar-refractivity contribution is 0.394. The number of nitrogens with two attached hydrogens (primary N) is 1. The number of nitrogens with zero attached hydrogens (tertiary/aromatic N) is 2. The number of imidazole rings is 1. The van der Waals surface area contributed by atoms with Crippen LogP contribution in [0.3, 0.4) is 0 Å².